The van der Waals surface area contributed by atoms with E-state index >= 15 is 0 Å². The van der Waals surface area contributed by atoms with Crippen molar-refractivity contribution in [1.82, 2.24) is 14.8 Å². The summed E-state index contributed by atoms with van der Waals surface area (Å²) in [5.41, 5.74) is 1.26. The van der Waals surface area contributed by atoms with E-state index in [1.165, 1.54) is 5.56 Å². The summed E-state index contributed by atoms with van der Waals surface area (Å²) in [6.45, 7) is 3.04. The first-order chi connectivity index (χ1) is 12.5. The van der Waals surface area contributed by atoms with Crippen molar-refractivity contribution in [3.05, 3.63) is 47.5 Å². The van der Waals surface area contributed by atoms with Crippen LogP contribution in [0.15, 0.2) is 30.3 Å². The van der Waals surface area contributed by atoms with Crippen molar-refractivity contribution in [2.24, 2.45) is 5.92 Å². The lowest BCUT2D eigenvalue weighted by Gasteiger charge is -2.11. The molecule has 6 heteroatoms. The third-order valence-corrected chi connectivity index (χ3v) is 7.61. The number of benzene rings is 1. The van der Waals surface area contributed by atoms with Gasteiger partial charge in [0.25, 0.3) is 0 Å². The molecule has 2 fully saturated rings. The molecule has 0 bridgehead atoms. The molecule has 2 aliphatic rings. The molecule has 1 aliphatic heterocycles. The molecule has 4 rings (SSSR count). The molecule has 140 valence electrons. The van der Waals surface area contributed by atoms with Crippen LogP contribution in [-0.4, -0.2) is 34.7 Å². The van der Waals surface area contributed by atoms with Gasteiger partial charge >= 0.3 is 0 Å². The van der Waals surface area contributed by atoms with Crippen LogP contribution in [0, 0.1) is 5.92 Å². The number of sulfone groups is 1. The van der Waals surface area contributed by atoms with Crippen LogP contribution in [-0.2, 0) is 28.2 Å². The quantitative estimate of drug-likeness (QED) is 0.748. The number of rotatable bonds is 7. The van der Waals surface area contributed by atoms with Gasteiger partial charge in [0.15, 0.2) is 15.7 Å². The van der Waals surface area contributed by atoms with Crippen LogP contribution in [0.2, 0.25) is 0 Å². The van der Waals surface area contributed by atoms with E-state index in [-0.39, 0.29) is 11.3 Å². The minimum absolute atomic E-state index is 0.0325. The first-order valence-electron chi connectivity index (χ1n) is 9.72. The van der Waals surface area contributed by atoms with Crippen molar-refractivity contribution < 1.29 is 8.42 Å². The van der Waals surface area contributed by atoms with Crippen LogP contribution in [0.5, 0.6) is 0 Å². The third-order valence-electron chi connectivity index (χ3n) is 5.77. The van der Waals surface area contributed by atoms with Crippen LogP contribution < -0.4 is 0 Å². The highest BCUT2D eigenvalue weighted by Gasteiger charge is 2.49. The number of unbranched alkanes of at least 4 members (excludes halogenated alkanes) is 1. The lowest BCUT2D eigenvalue weighted by molar-refractivity contribution is 0.499. The number of hydrogen-bond acceptors (Lipinski definition) is 4. The van der Waals surface area contributed by atoms with Crippen molar-refractivity contribution in [2.45, 2.75) is 57.4 Å². The lowest BCUT2D eigenvalue weighted by atomic mass is 9.95. The average Bonchev–Trinajstić information content (AvgIpc) is 3.24. The summed E-state index contributed by atoms with van der Waals surface area (Å²) >= 11 is 0. The van der Waals surface area contributed by atoms with E-state index in [0.29, 0.717) is 11.5 Å². The predicted molar refractivity (Wildman–Crippen MR) is 102 cm³/mol. The standard InChI is InChI=1S/C20H27N3O2S/c1-2-3-12-23-18(14-16-9-13-26(24,25)15-16)21-19(22-23)20(10-11-20)17-7-5-4-6-8-17/h4-8,16H,2-3,9-15H2,1H3/t16-/m0/s1. The summed E-state index contributed by atoms with van der Waals surface area (Å²) < 4.78 is 25.7. The topological polar surface area (TPSA) is 64.8 Å². The van der Waals surface area contributed by atoms with Gasteiger partial charge in [-0.1, -0.05) is 43.7 Å². The smallest absolute Gasteiger partial charge is 0.161 e. The minimum Gasteiger partial charge on any atom is -0.250 e. The molecule has 1 aliphatic carbocycles. The molecule has 2 heterocycles. The maximum absolute atomic E-state index is 11.8. The maximum Gasteiger partial charge on any atom is 0.161 e. The molecule has 1 saturated carbocycles. The van der Waals surface area contributed by atoms with Gasteiger partial charge in [0.05, 0.1) is 16.9 Å². The number of nitrogens with zero attached hydrogens (tertiary/aromatic N) is 3. The van der Waals surface area contributed by atoms with Crippen molar-refractivity contribution in [3.8, 4) is 0 Å². The Labute approximate surface area is 155 Å². The van der Waals surface area contributed by atoms with Gasteiger partial charge in [-0.3, -0.25) is 0 Å². The van der Waals surface area contributed by atoms with E-state index in [4.69, 9.17) is 10.1 Å². The third kappa shape index (κ3) is 3.43. The molecule has 0 amide bonds. The highest BCUT2D eigenvalue weighted by atomic mass is 32.2. The second-order valence-electron chi connectivity index (χ2n) is 7.85. The first-order valence-corrected chi connectivity index (χ1v) is 11.5. The molecular weight excluding hydrogens is 346 g/mol. The van der Waals surface area contributed by atoms with Crippen LogP contribution in [0.4, 0.5) is 0 Å². The SMILES string of the molecule is CCCCn1nc(C2(c3ccccc3)CC2)nc1C[C@@H]1CCS(=O)(=O)C1. The van der Waals surface area contributed by atoms with E-state index in [1.807, 2.05) is 10.7 Å². The second-order valence-corrected chi connectivity index (χ2v) is 10.1. The molecule has 1 aromatic heterocycles. The zero-order chi connectivity index (χ0) is 18.2. The van der Waals surface area contributed by atoms with Gasteiger partial charge in [-0.15, -0.1) is 0 Å². The van der Waals surface area contributed by atoms with Crippen LogP contribution in [0.1, 0.15) is 56.2 Å². The van der Waals surface area contributed by atoms with Crippen LogP contribution in [0.25, 0.3) is 0 Å². The minimum atomic E-state index is -2.86. The van der Waals surface area contributed by atoms with Crippen LogP contribution in [0.3, 0.4) is 0 Å². The number of aryl methyl sites for hydroxylation is 1. The number of aromatic nitrogens is 3. The molecule has 5 nitrogen and oxygen atoms in total. The number of hydrogen-bond donors (Lipinski definition) is 0. The van der Waals surface area contributed by atoms with Crippen LogP contribution >= 0.6 is 0 Å². The maximum atomic E-state index is 11.8. The Balaban J connectivity index is 1.62. The fraction of sp³-hybridized carbons (Fsp3) is 0.600. The summed E-state index contributed by atoms with van der Waals surface area (Å²) in [5, 5.41) is 4.89. The van der Waals surface area contributed by atoms with E-state index < -0.39 is 9.84 Å². The fourth-order valence-electron chi connectivity index (χ4n) is 4.03. The summed E-state index contributed by atoms with van der Waals surface area (Å²) in [5.74, 6) is 2.70. The zero-order valence-electron chi connectivity index (χ0n) is 15.4. The molecule has 1 saturated heterocycles. The average molecular weight is 374 g/mol. The molecule has 0 unspecified atom stereocenters. The van der Waals surface area contributed by atoms with E-state index in [9.17, 15) is 8.42 Å². The Morgan fingerprint density at radius 1 is 1.23 bits per heavy atom. The van der Waals surface area contributed by atoms with Crippen molar-refractivity contribution in [2.75, 3.05) is 11.5 Å². The summed E-state index contributed by atoms with van der Waals surface area (Å²) in [6, 6.07) is 10.5. The van der Waals surface area contributed by atoms with Gasteiger partial charge in [-0.25, -0.2) is 18.1 Å². The van der Waals surface area contributed by atoms with Crippen molar-refractivity contribution in [3.63, 3.8) is 0 Å². The Bertz CT molecular complexity index is 870. The second kappa shape index (κ2) is 6.80. The highest BCUT2D eigenvalue weighted by molar-refractivity contribution is 7.91. The Kier molecular flexibility index (Phi) is 4.63. The lowest BCUT2D eigenvalue weighted by Crippen LogP contribution is -2.13. The van der Waals surface area contributed by atoms with Gasteiger partial charge in [0.1, 0.15) is 5.82 Å². The van der Waals surface area contributed by atoms with E-state index in [1.54, 1.807) is 0 Å². The molecule has 1 aromatic carbocycles. The summed E-state index contributed by atoms with van der Waals surface area (Å²) in [7, 11) is -2.86. The van der Waals surface area contributed by atoms with Gasteiger partial charge in [0.2, 0.25) is 0 Å². The highest BCUT2D eigenvalue weighted by Crippen LogP contribution is 2.52. The molecule has 2 aromatic rings. The molecule has 0 spiro atoms. The zero-order valence-corrected chi connectivity index (χ0v) is 16.2. The van der Waals surface area contributed by atoms with Gasteiger partial charge in [-0.05, 0) is 37.2 Å². The van der Waals surface area contributed by atoms with E-state index in [0.717, 1.165) is 56.7 Å². The Hall–Kier alpha value is -1.69. The normalized spacial score (nSPS) is 23.2. The summed E-state index contributed by atoms with van der Waals surface area (Å²) in [4.78, 5) is 4.94. The van der Waals surface area contributed by atoms with Gasteiger partial charge in [0, 0.05) is 13.0 Å². The Morgan fingerprint density at radius 2 is 2.00 bits per heavy atom. The molecule has 26 heavy (non-hydrogen) atoms. The molecular formula is C20H27N3O2S. The van der Waals surface area contributed by atoms with Gasteiger partial charge in [-0.2, -0.15) is 5.10 Å². The predicted octanol–water partition coefficient (Wildman–Crippen LogP) is 3.14. The van der Waals surface area contributed by atoms with Crippen molar-refractivity contribution in [1.29, 1.82) is 0 Å². The Morgan fingerprint density at radius 3 is 2.62 bits per heavy atom. The van der Waals surface area contributed by atoms with Gasteiger partial charge < -0.3 is 0 Å². The van der Waals surface area contributed by atoms with E-state index in [2.05, 4.69) is 31.2 Å². The van der Waals surface area contributed by atoms with Crippen molar-refractivity contribution >= 4 is 9.84 Å². The fourth-order valence-corrected chi connectivity index (χ4v) is 5.89. The first kappa shape index (κ1) is 17.7. The molecule has 0 radical (unpaired) electrons. The summed E-state index contributed by atoms with van der Waals surface area (Å²) in [6.07, 6.45) is 5.83. The monoisotopic (exact) mass is 373 g/mol. The largest absolute Gasteiger partial charge is 0.250 e. The molecule has 0 N–H and O–H groups in total. The molecule has 1 atom stereocenters.